The Balaban J connectivity index is 1.91. The predicted octanol–water partition coefficient (Wildman–Crippen LogP) is 4.01. The number of rotatable bonds is 2. The molecule has 0 fully saturated rings. The van der Waals surface area contributed by atoms with Gasteiger partial charge in [-0.2, -0.15) is 0 Å². The molecular formula is C15H15BrN2. The minimum atomic E-state index is 0.980. The van der Waals surface area contributed by atoms with Crippen LogP contribution in [0.3, 0.4) is 0 Å². The van der Waals surface area contributed by atoms with Gasteiger partial charge < -0.3 is 10.2 Å². The van der Waals surface area contributed by atoms with Crippen molar-refractivity contribution in [3.05, 3.63) is 58.1 Å². The third-order valence-corrected chi connectivity index (χ3v) is 3.97. The summed E-state index contributed by atoms with van der Waals surface area (Å²) in [7, 11) is 1.98. The van der Waals surface area contributed by atoms with Gasteiger partial charge in [0.2, 0.25) is 0 Å². The number of hydrogen-bond acceptors (Lipinski definition) is 2. The predicted molar refractivity (Wildman–Crippen MR) is 80.0 cm³/mol. The Morgan fingerprint density at radius 3 is 2.56 bits per heavy atom. The molecule has 0 unspecified atom stereocenters. The Bertz CT molecular complexity index is 563. The molecule has 92 valence electrons. The SMILES string of the molecule is CNc1cccc2c1CN(c1ccc(Br)cc1)C2. The van der Waals surface area contributed by atoms with Crippen molar-refractivity contribution in [2.45, 2.75) is 13.1 Å². The van der Waals surface area contributed by atoms with E-state index >= 15 is 0 Å². The zero-order valence-corrected chi connectivity index (χ0v) is 11.9. The fourth-order valence-electron chi connectivity index (χ4n) is 2.49. The maximum absolute atomic E-state index is 3.48. The van der Waals surface area contributed by atoms with E-state index in [1.54, 1.807) is 0 Å². The number of fused-ring (bicyclic) bond motifs is 1. The standard InChI is InChI=1S/C15H15BrN2/c1-17-15-4-2-3-11-9-18(10-14(11)15)13-7-5-12(16)6-8-13/h2-8,17H,9-10H2,1H3. The van der Waals surface area contributed by atoms with Crippen LogP contribution in [0.2, 0.25) is 0 Å². The van der Waals surface area contributed by atoms with Crippen molar-refractivity contribution >= 4 is 27.3 Å². The van der Waals surface area contributed by atoms with Gasteiger partial charge in [0.25, 0.3) is 0 Å². The maximum Gasteiger partial charge on any atom is 0.0457 e. The van der Waals surface area contributed by atoms with E-state index in [-0.39, 0.29) is 0 Å². The minimum Gasteiger partial charge on any atom is -0.388 e. The summed E-state index contributed by atoms with van der Waals surface area (Å²) in [4.78, 5) is 2.40. The van der Waals surface area contributed by atoms with Gasteiger partial charge in [0, 0.05) is 36.0 Å². The summed E-state index contributed by atoms with van der Waals surface area (Å²) in [5, 5.41) is 3.27. The summed E-state index contributed by atoms with van der Waals surface area (Å²) in [6.45, 7) is 1.97. The van der Waals surface area contributed by atoms with E-state index in [1.165, 1.54) is 22.5 Å². The summed E-state index contributed by atoms with van der Waals surface area (Å²) in [5.74, 6) is 0. The summed E-state index contributed by atoms with van der Waals surface area (Å²) >= 11 is 3.48. The van der Waals surface area contributed by atoms with Gasteiger partial charge in [-0.15, -0.1) is 0 Å². The fourth-order valence-corrected chi connectivity index (χ4v) is 2.75. The first kappa shape index (κ1) is 11.6. The average Bonchev–Trinajstić information content (AvgIpc) is 2.83. The lowest BCUT2D eigenvalue weighted by atomic mass is 10.1. The second-order valence-corrected chi connectivity index (χ2v) is 5.44. The van der Waals surface area contributed by atoms with Crippen LogP contribution >= 0.6 is 15.9 Å². The molecule has 2 nitrogen and oxygen atoms in total. The van der Waals surface area contributed by atoms with Crippen LogP contribution in [0, 0.1) is 0 Å². The normalized spacial score (nSPS) is 13.6. The Morgan fingerprint density at radius 1 is 1.06 bits per heavy atom. The molecule has 0 amide bonds. The van der Waals surface area contributed by atoms with Gasteiger partial charge in [0.1, 0.15) is 0 Å². The monoisotopic (exact) mass is 302 g/mol. The largest absolute Gasteiger partial charge is 0.388 e. The molecule has 1 heterocycles. The van der Waals surface area contributed by atoms with Gasteiger partial charge in [0.15, 0.2) is 0 Å². The van der Waals surface area contributed by atoms with Crippen molar-refractivity contribution < 1.29 is 0 Å². The maximum atomic E-state index is 3.48. The molecule has 1 N–H and O–H groups in total. The van der Waals surface area contributed by atoms with Crippen LogP contribution in [-0.2, 0) is 13.1 Å². The first-order valence-corrected chi connectivity index (χ1v) is 6.86. The Kier molecular flexibility index (Phi) is 3.00. The van der Waals surface area contributed by atoms with Crippen molar-refractivity contribution in [1.82, 2.24) is 0 Å². The second-order valence-electron chi connectivity index (χ2n) is 4.53. The van der Waals surface area contributed by atoms with Gasteiger partial charge in [-0.05, 0) is 41.5 Å². The van der Waals surface area contributed by atoms with Crippen LogP contribution in [-0.4, -0.2) is 7.05 Å². The number of halogens is 1. The van der Waals surface area contributed by atoms with Crippen molar-refractivity contribution in [3.63, 3.8) is 0 Å². The summed E-state index contributed by atoms with van der Waals surface area (Å²) in [6, 6.07) is 15.0. The highest BCUT2D eigenvalue weighted by molar-refractivity contribution is 9.10. The highest BCUT2D eigenvalue weighted by atomic mass is 79.9. The van der Waals surface area contributed by atoms with Crippen LogP contribution in [0.1, 0.15) is 11.1 Å². The van der Waals surface area contributed by atoms with Crippen LogP contribution in [0.5, 0.6) is 0 Å². The van der Waals surface area contributed by atoms with Gasteiger partial charge >= 0.3 is 0 Å². The Labute approximate surface area is 116 Å². The zero-order chi connectivity index (χ0) is 12.5. The van der Waals surface area contributed by atoms with E-state index in [2.05, 4.69) is 68.6 Å². The minimum absolute atomic E-state index is 0.980. The molecule has 2 aromatic carbocycles. The van der Waals surface area contributed by atoms with Crippen LogP contribution in [0.25, 0.3) is 0 Å². The second kappa shape index (κ2) is 4.65. The van der Waals surface area contributed by atoms with E-state index in [0.29, 0.717) is 0 Å². The van der Waals surface area contributed by atoms with E-state index in [9.17, 15) is 0 Å². The molecule has 1 aliphatic heterocycles. The van der Waals surface area contributed by atoms with Gasteiger partial charge in [-0.25, -0.2) is 0 Å². The average molecular weight is 303 g/mol. The molecule has 2 aromatic rings. The molecule has 0 saturated heterocycles. The molecule has 3 rings (SSSR count). The molecule has 0 spiro atoms. The van der Waals surface area contributed by atoms with Crippen LogP contribution in [0.15, 0.2) is 46.9 Å². The molecule has 0 aromatic heterocycles. The lowest BCUT2D eigenvalue weighted by Gasteiger charge is -2.17. The van der Waals surface area contributed by atoms with Gasteiger partial charge in [-0.1, -0.05) is 28.1 Å². The zero-order valence-electron chi connectivity index (χ0n) is 10.3. The van der Waals surface area contributed by atoms with Crippen LogP contribution < -0.4 is 10.2 Å². The number of nitrogens with one attached hydrogen (secondary N) is 1. The highest BCUT2D eigenvalue weighted by Gasteiger charge is 2.21. The number of anilines is 2. The molecule has 3 heteroatoms. The lowest BCUT2D eigenvalue weighted by molar-refractivity contribution is 0.880. The van der Waals surface area contributed by atoms with Gasteiger partial charge in [-0.3, -0.25) is 0 Å². The number of hydrogen-bond donors (Lipinski definition) is 1. The van der Waals surface area contributed by atoms with E-state index in [0.717, 1.165) is 17.6 Å². The van der Waals surface area contributed by atoms with E-state index < -0.39 is 0 Å². The topological polar surface area (TPSA) is 15.3 Å². The van der Waals surface area contributed by atoms with Crippen LogP contribution in [0.4, 0.5) is 11.4 Å². The molecule has 0 atom stereocenters. The molecule has 0 radical (unpaired) electrons. The fraction of sp³-hybridized carbons (Fsp3) is 0.200. The molecule has 0 aliphatic carbocycles. The summed E-state index contributed by atoms with van der Waals surface area (Å²) in [5.41, 5.74) is 5.36. The van der Waals surface area contributed by atoms with Crippen molar-refractivity contribution in [2.75, 3.05) is 17.3 Å². The Morgan fingerprint density at radius 2 is 1.83 bits per heavy atom. The number of benzene rings is 2. The highest BCUT2D eigenvalue weighted by Crippen LogP contribution is 2.32. The molecule has 0 bridgehead atoms. The lowest BCUT2D eigenvalue weighted by Crippen LogP contribution is -2.14. The molecular weight excluding hydrogens is 288 g/mol. The molecule has 0 saturated carbocycles. The van der Waals surface area contributed by atoms with Crippen molar-refractivity contribution in [2.24, 2.45) is 0 Å². The van der Waals surface area contributed by atoms with E-state index in [1.807, 2.05) is 7.05 Å². The van der Waals surface area contributed by atoms with E-state index in [4.69, 9.17) is 0 Å². The van der Waals surface area contributed by atoms with Gasteiger partial charge in [0.05, 0.1) is 0 Å². The quantitative estimate of drug-likeness (QED) is 0.901. The van der Waals surface area contributed by atoms with Crippen molar-refractivity contribution in [1.29, 1.82) is 0 Å². The first-order chi connectivity index (χ1) is 8.78. The first-order valence-electron chi connectivity index (χ1n) is 6.07. The third-order valence-electron chi connectivity index (χ3n) is 3.44. The number of nitrogens with zero attached hydrogens (tertiary/aromatic N) is 1. The summed E-state index contributed by atoms with van der Waals surface area (Å²) < 4.78 is 1.12. The Hall–Kier alpha value is -1.48. The third kappa shape index (κ3) is 1.99. The molecule has 1 aliphatic rings. The summed E-state index contributed by atoms with van der Waals surface area (Å²) in [6.07, 6.45) is 0. The molecule has 18 heavy (non-hydrogen) atoms. The smallest absolute Gasteiger partial charge is 0.0457 e. The van der Waals surface area contributed by atoms with Crippen molar-refractivity contribution in [3.8, 4) is 0 Å².